The number of hydrogen-bond donors (Lipinski definition) is 1. The van der Waals surface area contributed by atoms with E-state index < -0.39 is 0 Å². The summed E-state index contributed by atoms with van der Waals surface area (Å²) >= 11 is 1.25. The summed E-state index contributed by atoms with van der Waals surface area (Å²) in [6.45, 7) is 2.95. The second-order valence-electron chi connectivity index (χ2n) is 7.00. The van der Waals surface area contributed by atoms with Crippen LogP contribution in [-0.2, 0) is 22.5 Å². The van der Waals surface area contributed by atoms with E-state index in [0.29, 0.717) is 29.2 Å². The van der Waals surface area contributed by atoms with Crippen molar-refractivity contribution in [1.82, 2.24) is 9.55 Å². The molecule has 7 heteroatoms. The number of unbranched alkanes of at least 4 members (excludes halogenated alkanes) is 1. The first-order chi connectivity index (χ1) is 14.6. The minimum absolute atomic E-state index is 0.122. The maximum atomic E-state index is 12.9. The van der Waals surface area contributed by atoms with Gasteiger partial charge in [-0.05, 0) is 42.7 Å². The van der Waals surface area contributed by atoms with Crippen LogP contribution in [-0.4, -0.2) is 34.9 Å². The molecule has 0 fully saturated rings. The SMILES string of the molecule is CCCCc1ccc(NC(=O)CSc2nc3ccccc3c(=O)n2CCOC)cc1. The molecule has 0 aliphatic heterocycles. The number of aryl methyl sites for hydroxylation is 1. The quantitative estimate of drug-likeness (QED) is 0.391. The summed E-state index contributed by atoms with van der Waals surface area (Å²) in [5.74, 6) is 0.0250. The normalized spacial score (nSPS) is 11.0. The Balaban J connectivity index is 1.69. The van der Waals surface area contributed by atoms with Crippen molar-refractivity contribution in [3.63, 3.8) is 0 Å². The van der Waals surface area contributed by atoms with Gasteiger partial charge in [-0.15, -0.1) is 0 Å². The number of anilines is 1. The molecule has 0 aliphatic rings. The lowest BCUT2D eigenvalue weighted by atomic mass is 10.1. The molecule has 2 aromatic carbocycles. The number of fused-ring (bicyclic) bond motifs is 1. The minimum atomic E-state index is -0.137. The number of nitrogens with zero attached hydrogens (tertiary/aromatic N) is 2. The smallest absolute Gasteiger partial charge is 0.262 e. The number of carbonyl (C=O) groups excluding carboxylic acids is 1. The number of rotatable bonds is 10. The van der Waals surface area contributed by atoms with E-state index in [2.05, 4.69) is 17.2 Å². The molecule has 1 amide bonds. The predicted octanol–water partition coefficient (Wildman–Crippen LogP) is 4.12. The average molecular weight is 426 g/mol. The molecule has 158 valence electrons. The maximum Gasteiger partial charge on any atom is 0.262 e. The summed E-state index contributed by atoms with van der Waals surface area (Å²) in [7, 11) is 1.59. The first kappa shape index (κ1) is 22.1. The fourth-order valence-corrected chi connectivity index (χ4v) is 3.93. The van der Waals surface area contributed by atoms with Crippen LogP contribution in [0.15, 0.2) is 58.5 Å². The van der Waals surface area contributed by atoms with Gasteiger partial charge in [0, 0.05) is 12.8 Å². The Hall–Kier alpha value is -2.64. The number of amides is 1. The molecule has 0 bridgehead atoms. The van der Waals surface area contributed by atoms with Crippen LogP contribution in [0.4, 0.5) is 5.69 Å². The van der Waals surface area contributed by atoms with Gasteiger partial charge in [-0.1, -0.05) is 49.4 Å². The highest BCUT2D eigenvalue weighted by Gasteiger charge is 2.13. The van der Waals surface area contributed by atoms with Gasteiger partial charge >= 0.3 is 0 Å². The number of nitrogens with one attached hydrogen (secondary N) is 1. The number of hydrogen-bond acceptors (Lipinski definition) is 5. The Labute approximate surface area is 180 Å². The third-order valence-electron chi connectivity index (χ3n) is 4.73. The molecule has 30 heavy (non-hydrogen) atoms. The molecule has 6 nitrogen and oxygen atoms in total. The summed E-state index contributed by atoms with van der Waals surface area (Å²) in [5, 5.41) is 3.99. The van der Waals surface area contributed by atoms with Gasteiger partial charge < -0.3 is 10.1 Å². The molecule has 1 heterocycles. The molecule has 0 saturated carbocycles. The van der Waals surface area contributed by atoms with Crippen LogP contribution in [0.3, 0.4) is 0 Å². The van der Waals surface area contributed by atoms with E-state index in [4.69, 9.17) is 4.74 Å². The molecule has 1 N–H and O–H groups in total. The summed E-state index contributed by atoms with van der Waals surface area (Å²) in [4.78, 5) is 29.9. The van der Waals surface area contributed by atoms with Crippen molar-refractivity contribution in [2.75, 3.05) is 24.8 Å². The number of methoxy groups -OCH3 is 1. The van der Waals surface area contributed by atoms with Gasteiger partial charge in [-0.2, -0.15) is 0 Å². The fourth-order valence-electron chi connectivity index (χ4n) is 3.10. The van der Waals surface area contributed by atoms with Gasteiger partial charge in [0.25, 0.3) is 5.56 Å². The van der Waals surface area contributed by atoms with Crippen LogP contribution in [0.1, 0.15) is 25.3 Å². The van der Waals surface area contributed by atoms with Gasteiger partial charge in [-0.3, -0.25) is 14.2 Å². The van der Waals surface area contributed by atoms with E-state index in [0.717, 1.165) is 24.9 Å². The topological polar surface area (TPSA) is 73.2 Å². The Kier molecular flexibility index (Phi) is 8.04. The lowest BCUT2D eigenvalue weighted by Gasteiger charge is -2.13. The summed E-state index contributed by atoms with van der Waals surface area (Å²) in [6, 6.07) is 15.2. The van der Waals surface area contributed by atoms with Crippen LogP contribution in [0, 0.1) is 0 Å². The molecule has 1 aromatic heterocycles. The fraction of sp³-hybridized carbons (Fsp3) is 0.348. The monoisotopic (exact) mass is 425 g/mol. The van der Waals surface area contributed by atoms with E-state index in [1.807, 2.05) is 42.5 Å². The number of ether oxygens (including phenoxy) is 1. The molecule has 0 atom stereocenters. The molecule has 0 radical (unpaired) electrons. The van der Waals surface area contributed by atoms with Crippen molar-refractivity contribution in [3.05, 3.63) is 64.4 Å². The predicted molar refractivity (Wildman–Crippen MR) is 122 cm³/mol. The van der Waals surface area contributed by atoms with Crippen molar-refractivity contribution < 1.29 is 9.53 Å². The third-order valence-corrected chi connectivity index (χ3v) is 5.71. The van der Waals surface area contributed by atoms with Gasteiger partial charge in [0.2, 0.25) is 5.91 Å². The first-order valence-electron chi connectivity index (χ1n) is 10.1. The van der Waals surface area contributed by atoms with Crippen molar-refractivity contribution in [2.24, 2.45) is 0 Å². The lowest BCUT2D eigenvalue weighted by Crippen LogP contribution is -2.26. The Morgan fingerprint density at radius 3 is 2.67 bits per heavy atom. The molecule has 0 unspecified atom stereocenters. The Morgan fingerprint density at radius 2 is 1.93 bits per heavy atom. The first-order valence-corrected chi connectivity index (χ1v) is 11.1. The molecule has 0 aliphatic carbocycles. The summed E-state index contributed by atoms with van der Waals surface area (Å²) in [5.41, 5.74) is 2.54. The van der Waals surface area contributed by atoms with Crippen LogP contribution in [0.2, 0.25) is 0 Å². The maximum absolute atomic E-state index is 12.9. The average Bonchev–Trinajstić information content (AvgIpc) is 2.77. The summed E-state index contributed by atoms with van der Waals surface area (Å²) < 4.78 is 6.71. The molecule has 0 spiro atoms. The van der Waals surface area contributed by atoms with Crippen molar-refractivity contribution in [1.29, 1.82) is 0 Å². The zero-order valence-electron chi connectivity index (χ0n) is 17.4. The van der Waals surface area contributed by atoms with Crippen molar-refractivity contribution >= 4 is 34.3 Å². The van der Waals surface area contributed by atoms with E-state index in [1.165, 1.54) is 17.3 Å². The Morgan fingerprint density at radius 1 is 1.17 bits per heavy atom. The number of thioether (sulfide) groups is 1. The second kappa shape index (κ2) is 10.9. The van der Waals surface area contributed by atoms with E-state index in [-0.39, 0.29) is 17.2 Å². The minimum Gasteiger partial charge on any atom is -0.383 e. The van der Waals surface area contributed by atoms with Gasteiger partial charge in [0.05, 0.1) is 29.8 Å². The molecular weight excluding hydrogens is 398 g/mol. The number of benzene rings is 2. The number of carbonyl (C=O) groups is 1. The molecule has 0 saturated heterocycles. The highest BCUT2D eigenvalue weighted by Crippen LogP contribution is 2.19. The van der Waals surface area contributed by atoms with E-state index in [9.17, 15) is 9.59 Å². The highest BCUT2D eigenvalue weighted by molar-refractivity contribution is 7.99. The lowest BCUT2D eigenvalue weighted by molar-refractivity contribution is -0.113. The number of para-hydroxylation sites is 1. The summed E-state index contributed by atoms with van der Waals surface area (Å²) in [6.07, 6.45) is 3.37. The van der Waals surface area contributed by atoms with Gasteiger partial charge in [0.1, 0.15) is 0 Å². The third kappa shape index (κ3) is 5.70. The molecular formula is C23H27N3O3S. The zero-order valence-corrected chi connectivity index (χ0v) is 18.2. The van der Waals surface area contributed by atoms with Crippen LogP contribution in [0.5, 0.6) is 0 Å². The number of aromatic nitrogens is 2. The Bertz CT molecular complexity index is 1050. The standard InChI is InChI=1S/C23H27N3O3S/c1-3-4-7-17-10-12-18(13-11-17)24-21(27)16-30-23-25-20-9-6-5-8-19(20)22(28)26(23)14-15-29-2/h5-6,8-13H,3-4,7,14-16H2,1-2H3,(H,24,27). The zero-order chi connectivity index (χ0) is 21.3. The van der Waals surface area contributed by atoms with Crippen LogP contribution >= 0.6 is 11.8 Å². The van der Waals surface area contributed by atoms with Gasteiger partial charge in [-0.25, -0.2) is 4.98 Å². The van der Waals surface area contributed by atoms with Crippen LogP contribution in [0.25, 0.3) is 10.9 Å². The van der Waals surface area contributed by atoms with Gasteiger partial charge in [0.15, 0.2) is 5.16 Å². The van der Waals surface area contributed by atoms with E-state index in [1.54, 1.807) is 17.7 Å². The molecule has 3 aromatic rings. The highest BCUT2D eigenvalue weighted by atomic mass is 32.2. The second-order valence-corrected chi connectivity index (χ2v) is 7.94. The van der Waals surface area contributed by atoms with Crippen LogP contribution < -0.4 is 10.9 Å². The van der Waals surface area contributed by atoms with Crippen molar-refractivity contribution in [2.45, 2.75) is 37.9 Å². The molecule has 3 rings (SSSR count). The van der Waals surface area contributed by atoms with E-state index >= 15 is 0 Å². The largest absolute Gasteiger partial charge is 0.383 e. The van der Waals surface area contributed by atoms with Crippen molar-refractivity contribution in [3.8, 4) is 0 Å².